The van der Waals surface area contributed by atoms with Crippen molar-refractivity contribution in [2.75, 3.05) is 5.32 Å². The molecule has 1 N–H and O–H groups in total. The van der Waals surface area contributed by atoms with Gasteiger partial charge in [0.1, 0.15) is 15.7 Å². The van der Waals surface area contributed by atoms with Crippen LogP contribution < -0.4 is 5.32 Å². The first-order valence-corrected chi connectivity index (χ1v) is 9.89. The predicted molar refractivity (Wildman–Crippen MR) is 105 cm³/mol. The molecule has 1 aliphatic rings. The van der Waals surface area contributed by atoms with Gasteiger partial charge in [-0.1, -0.05) is 36.6 Å². The summed E-state index contributed by atoms with van der Waals surface area (Å²) >= 11 is 7.44. The Bertz CT molecular complexity index is 943. The molecule has 0 unspecified atom stereocenters. The normalized spacial score (nSPS) is 14.7. The lowest BCUT2D eigenvalue weighted by Crippen LogP contribution is -2.17. The van der Waals surface area contributed by atoms with Gasteiger partial charge in [0.2, 0.25) is 0 Å². The Morgan fingerprint density at radius 2 is 2.12 bits per heavy atom. The molecule has 0 saturated heterocycles. The Hall–Kier alpha value is -2.18. The molecule has 26 heavy (non-hydrogen) atoms. The smallest absolute Gasteiger partial charge is 0.268 e. The van der Waals surface area contributed by atoms with E-state index in [1.165, 1.54) is 24.2 Å². The summed E-state index contributed by atoms with van der Waals surface area (Å²) in [4.78, 5) is 18.0. The van der Waals surface area contributed by atoms with Crippen LogP contribution in [0.3, 0.4) is 0 Å². The molecule has 0 bridgehead atoms. The minimum absolute atomic E-state index is 0.145. The molecule has 2 aromatic heterocycles. The lowest BCUT2D eigenvalue weighted by molar-refractivity contribution is 0.102. The number of halogens is 1. The molecule has 1 aromatic carbocycles. The molecule has 134 valence electrons. The van der Waals surface area contributed by atoms with Crippen LogP contribution in [0.5, 0.6) is 0 Å². The number of thiazole rings is 1. The zero-order chi connectivity index (χ0) is 18.1. The minimum Gasteiger partial charge on any atom is -0.306 e. The monoisotopic (exact) mass is 386 g/mol. The number of carbonyl (C=O) groups excluding carboxylic acids is 1. The predicted octanol–water partition coefficient (Wildman–Crippen LogP) is 5.34. The Balaban J connectivity index is 1.57. The molecule has 2 heterocycles. The van der Waals surface area contributed by atoms with Gasteiger partial charge < -0.3 is 5.32 Å². The van der Waals surface area contributed by atoms with Gasteiger partial charge in [-0.25, -0.2) is 9.67 Å². The standard InChI is InChI=1S/C19H19ClN4OS/c1-12-17(26-19(22-12)13-5-4-6-14(20)11-13)18(25)23-16-9-10-21-24(16)15-7-2-3-8-15/h4-6,9-11,15H,2-3,7-8H2,1H3,(H,23,25). The fraction of sp³-hybridized carbons (Fsp3) is 0.316. The number of anilines is 1. The number of aromatic nitrogens is 3. The first-order valence-electron chi connectivity index (χ1n) is 8.70. The Morgan fingerprint density at radius 3 is 2.88 bits per heavy atom. The SMILES string of the molecule is Cc1nc(-c2cccc(Cl)c2)sc1C(=O)Nc1ccnn1C1CCCC1. The van der Waals surface area contributed by atoms with Crippen molar-refractivity contribution in [1.29, 1.82) is 0 Å². The molecule has 5 nitrogen and oxygen atoms in total. The zero-order valence-corrected chi connectivity index (χ0v) is 16.0. The van der Waals surface area contributed by atoms with Crippen LogP contribution in [0.2, 0.25) is 5.02 Å². The van der Waals surface area contributed by atoms with Crippen LogP contribution >= 0.6 is 22.9 Å². The van der Waals surface area contributed by atoms with Gasteiger partial charge >= 0.3 is 0 Å². The number of hydrogen-bond acceptors (Lipinski definition) is 4. The number of aryl methyl sites for hydroxylation is 1. The molecule has 0 aliphatic heterocycles. The van der Waals surface area contributed by atoms with Crippen molar-refractivity contribution < 1.29 is 4.79 Å². The number of carbonyl (C=O) groups is 1. The highest BCUT2D eigenvalue weighted by atomic mass is 35.5. The third kappa shape index (κ3) is 3.39. The first-order chi connectivity index (χ1) is 12.6. The van der Waals surface area contributed by atoms with Crippen LogP contribution in [-0.2, 0) is 0 Å². The molecule has 7 heteroatoms. The van der Waals surface area contributed by atoms with Gasteiger partial charge in [0.25, 0.3) is 5.91 Å². The molecule has 1 aliphatic carbocycles. The summed E-state index contributed by atoms with van der Waals surface area (Å²) < 4.78 is 1.94. The lowest BCUT2D eigenvalue weighted by atomic mass is 10.2. The van der Waals surface area contributed by atoms with Crippen molar-refractivity contribution >= 4 is 34.7 Å². The fourth-order valence-electron chi connectivity index (χ4n) is 3.38. The summed E-state index contributed by atoms with van der Waals surface area (Å²) in [5, 5.41) is 8.86. The Kier molecular flexibility index (Phi) is 4.78. The maximum atomic E-state index is 12.8. The van der Waals surface area contributed by atoms with Crippen molar-refractivity contribution in [3.05, 3.63) is 52.1 Å². The highest BCUT2D eigenvalue weighted by Crippen LogP contribution is 2.32. The van der Waals surface area contributed by atoms with E-state index in [-0.39, 0.29) is 5.91 Å². The van der Waals surface area contributed by atoms with Crippen LogP contribution in [0.25, 0.3) is 10.6 Å². The molecular formula is C19H19ClN4OS. The molecule has 1 saturated carbocycles. The van der Waals surface area contributed by atoms with E-state index in [0.717, 1.165) is 34.9 Å². The summed E-state index contributed by atoms with van der Waals surface area (Å²) in [6, 6.07) is 9.74. The van der Waals surface area contributed by atoms with Crippen molar-refractivity contribution in [2.24, 2.45) is 0 Å². The maximum Gasteiger partial charge on any atom is 0.268 e. The molecule has 3 aromatic rings. The molecular weight excluding hydrogens is 368 g/mol. The number of hydrogen-bond donors (Lipinski definition) is 1. The molecule has 0 atom stereocenters. The second-order valence-corrected chi connectivity index (χ2v) is 7.93. The number of nitrogens with one attached hydrogen (secondary N) is 1. The minimum atomic E-state index is -0.145. The highest BCUT2D eigenvalue weighted by molar-refractivity contribution is 7.17. The Morgan fingerprint density at radius 1 is 1.31 bits per heavy atom. The second kappa shape index (κ2) is 7.21. The van der Waals surface area contributed by atoms with Gasteiger partial charge in [0.15, 0.2) is 0 Å². The van der Waals surface area contributed by atoms with Gasteiger partial charge in [-0.05, 0) is 31.9 Å². The lowest BCUT2D eigenvalue weighted by Gasteiger charge is -2.14. The number of nitrogens with zero attached hydrogens (tertiary/aromatic N) is 3. The highest BCUT2D eigenvalue weighted by Gasteiger charge is 2.22. The van der Waals surface area contributed by atoms with Crippen molar-refractivity contribution in [3.8, 4) is 10.6 Å². The van der Waals surface area contributed by atoms with E-state index >= 15 is 0 Å². The van der Waals surface area contributed by atoms with Gasteiger partial charge in [-0.15, -0.1) is 11.3 Å². The van der Waals surface area contributed by atoms with Crippen molar-refractivity contribution in [3.63, 3.8) is 0 Å². The largest absolute Gasteiger partial charge is 0.306 e. The summed E-state index contributed by atoms with van der Waals surface area (Å²) in [6.07, 6.45) is 6.40. The van der Waals surface area contributed by atoms with Crippen molar-refractivity contribution in [2.45, 2.75) is 38.6 Å². The topological polar surface area (TPSA) is 59.8 Å². The zero-order valence-electron chi connectivity index (χ0n) is 14.4. The van der Waals surface area contributed by atoms with Crippen LogP contribution in [0.4, 0.5) is 5.82 Å². The maximum absolute atomic E-state index is 12.8. The summed E-state index contributed by atoms with van der Waals surface area (Å²) in [6.45, 7) is 1.85. The molecule has 0 radical (unpaired) electrons. The van der Waals surface area contributed by atoms with Gasteiger partial charge in [-0.2, -0.15) is 5.10 Å². The van der Waals surface area contributed by atoms with Crippen LogP contribution in [-0.4, -0.2) is 20.7 Å². The quantitative estimate of drug-likeness (QED) is 0.658. The van der Waals surface area contributed by atoms with E-state index in [0.29, 0.717) is 15.9 Å². The van der Waals surface area contributed by atoms with E-state index in [1.807, 2.05) is 41.9 Å². The van der Waals surface area contributed by atoms with E-state index in [2.05, 4.69) is 15.4 Å². The van der Waals surface area contributed by atoms with Gasteiger partial charge in [0.05, 0.1) is 17.9 Å². The van der Waals surface area contributed by atoms with Crippen LogP contribution in [0, 0.1) is 6.92 Å². The van der Waals surface area contributed by atoms with E-state index in [1.54, 1.807) is 6.20 Å². The molecule has 4 rings (SSSR count). The summed E-state index contributed by atoms with van der Waals surface area (Å²) in [7, 11) is 0. The summed E-state index contributed by atoms with van der Waals surface area (Å²) in [5.74, 6) is 0.604. The third-order valence-corrected chi connectivity index (χ3v) is 6.10. The number of rotatable bonds is 4. The molecule has 0 spiro atoms. The average Bonchev–Trinajstić information content (AvgIpc) is 3.34. The van der Waals surface area contributed by atoms with E-state index < -0.39 is 0 Å². The molecule has 1 fully saturated rings. The van der Waals surface area contributed by atoms with Gasteiger partial charge in [-0.3, -0.25) is 4.79 Å². The van der Waals surface area contributed by atoms with E-state index in [9.17, 15) is 4.79 Å². The average molecular weight is 387 g/mol. The first kappa shape index (κ1) is 17.2. The second-order valence-electron chi connectivity index (χ2n) is 6.50. The fourth-order valence-corrected chi connectivity index (χ4v) is 4.53. The Labute approximate surface area is 161 Å². The van der Waals surface area contributed by atoms with Crippen LogP contribution in [0.15, 0.2) is 36.5 Å². The third-order valence-electron chi connectivity index (χ3n) is 4.66. The number of amides is 1. The molecule has 1 amide bonds. The van der Waals surface area contributed by atoms with E-state index in [4.69, 9.17) is 11.6 Å². The summed E-state index contributed by atoms with van der Waals surface area (Å²) in [5.41, 5.74) is 1.63. The van der Waals surface area contributed by atoms with Crippen molar-refractivity contribution in [1.82, 2.24) is 14.8 Å². The number of benzene rings is 1. The van der Waals surface area contributed by atoms with Crippen LogP contribution in [0.1, 0.15) is 47.1 Å². The van der Waals surface area contributed by atoms with Gasteiger partial charge in [0, 0.05) is 16.7 Å².